The Labute approximate surface area is 102 Å². The number of fused-ring (bicyclic) bond motifs is 2. The van der Waals surface area contributed by atoms with E-state index >= 15 is 0 Å². The van der Waals surface area contributed by atoms with Crippen molar-refractivity contribution < 1.29 is 9.53 Å². The van der Waals surface area contributed by atoms with Crippen molar-refractivity contribution in [1.82, 2.24) is 4.90 Å². The summed E-state index contributed by atoms with van der Waals surface area (Å²) >= 11 is 0. The fourth-order valence-electron chi connectivity index (χ4n) is 3.90. The molecule has 1 aliphatic heterocycles. The summed E-state index contributed by atoms with van der Waals surface area (Å²) in [6.07, 6.45) is 5.02. The normalized spacial score (nSPS) is 40.9. The van der Waals surface area contributed by atoms with Gasteiger partial charge in [-0.3, -0.25) is 4.79 Å². The Kier molecular flexibility index (Phi) is 3.09. The largest absolute Gasteiger partial charge is 0.377 e. The van der Waals surface area contributed by atoms with Gasteiger partial charge < -0.3 is 15.4 Å². The van der Waals surface area contributed by atoms with Gasteiger partial charge in [-0.1, -0.05) is 6.42 Å². The first kappa shape index (κ1) is 11.5. The van der Waals surface area contributed by atoms with E-state index in [2.05, 4.69) is 0 Å². The number of nitrogens with zero attached hydrogens (tertiary/aromatic N) is 1. The number of carbonyl (C=O) groups excluding carboxylic acids is 1. The molecule has 2 bridgehead atoms. The van der Waals surface area contributed by atoms with E-state index in [0.717, 1.165) is 18.9 Å². The van der Waals surface area contributed by atoms with E-state index in [9.17, 15) is 4.79 Å². The number of hydrogen-bond acceptors (Lipinski definition) is 3. The molecule has 1 saturated heterocycles. The Morgan fingerprint density at radius 1 is 1.35 bits per heavy atom. The van der Waals surface area contributed by atoms with Crippen molar-refractivity contribution in [1.29, 1.82) is 0 Å². The predicted molar refractivity (Wildman–Crippen MR) is 64.3 cm³/mol. The lowest BCUT2D eigenvalue weighted by atomic mass is 9.87. The molecule has 4 unspecified atom stereocenters. The van der Waals surface area contributed by atoms with Crippen LogP contribution in [0.25, 0.3) is 0 Å². The summed E-state index contributed by atoms with van der Waals surface area (Å²) in [4.78, 5) is 14.6. The Bertz CT molecular complexity index is 308. The third kappa shape index (κ3) is 1.97. The third-order valence-corrected chi connectivity index (χ3v) is 4.84. The van der Waals surface area contributed by atoms with Crippen LogP contribution in [0.15, 0.2) is 0 Å². The Balaban J connectivity index is 1.68. The molecule has 96 valence electrons. The average Bonchev–Trinajstić information content (AvgIpc) is 3.00. The van der Waals surface area contributed by atoms with Crippen LogP contribution in [0.2, 0.25) is 0 Å². The summed E-state index contributed by atoms with van der Waals surface area (Å²) in [6, 6.07) is 0.107. The molecule has 0 aromatic carbocycles. The van der Waals surface area contributed by atoms with Gasteiger partial charge in [-0.15, -0.1) is 0 Å². The average molecular weight is 238 g/mol. The van der Waals surface area contributed by atoms with Crippen molar-refractivity contribution in [2.45, 2.75) is 31.7 Å². The lowest BCUT2D eigenvalue weighted by Gasteiger charge is -2.38. The second-order valence-electron chi connectivity index (χ2n) is 5.78. The lowest BCUT2D eigenvalue weighted by molar-refractivity contribution is -0.145. The molecule has 0 aromatic heterocycles. The van der Waals surface area contributed by atoms with E-state index < -0.39 is 0 Å². The highest BCUT2D eigenvalue weighted by Gasteiger charge is 2.45. The van der Waals surface area contributed by atoms with Gasteiger partial charge in [0.15, 0.2) is 0 Å². The van der Waals surface area contributed by atoms with Crippen molar-refractivity contribution in [2.24, 2.45) is 23.5 Å². The van der Waals surface area contributed by atoms with Gasteiger partial charge in [0.2, 0.25) is 5.91 Å². The summed E-state index contributed by atoms with van der Waals surface area (Å²) in [5.41, 5.74) is 5.73. The molecule has 2 N–H and O–H groups in total. The fourth-order valence-corrected chi connectivity index (χ4v) is 3.90. The van der Waals surface area contributed by atoms with Crippen LogP contribution in [-0.4, -0.2) is 43.2 Å². The summed E-state index contributed by atoms with van der Waals surface area (Å²) in [6.45, 7) is 2.53. The van der Waals surface area contributed by atoms with Crippen molar-refractivity contribution in [3.63, 3.8) is 0 Å². The smallest absolute Gasteiger partial charge is 0.226 e. The molecule has 0 aromatic rings. The standard InChI is InChI=1S/C13H22N2O2/c14-7-11-8-17-4-3-15(11)13(16)12-6-9-1-2-10(12)5-9/h9-12H,1-8,14H2. The molecule has 4 atom stereocenters. The first-order valence-corrected chi connectivity index (χ1v) is 6.88. The van der Waals surface area contributed by atoms with Gasteiger partial charge in [-0.25, -0.2) is 0 Å². The minimum atomic E-state index is 0.107. The molecular weight excluding hydrogens is 216 g/mol. The topological polar surface area (TPSA) is 55.6 Å². The first-order valence-electron chi connectivity index (χ1n) is 6.88. The molecule has 0 spiro atoms. The van der Waals surface area contributed by atoms with Gasteiger partial charge in [0.05, 0.1) is 19.3 Å². The van der Waals surface area contributed by atoms with Crippen LogP contribution in [0.4, 0.5) is 0 Å². The van der Waals surface area contributed by atoms with Gasteiger partial charge in [-0.2, -0.15) is 0 Å². The van der Waals surface area contributed by atoms with Gasteiger partial charge >= 0.3 is 0 Å². The highest BCUT2D eigenvalue weighted by Crippen LogP contribution is 2.49. The maximum absolute atomic E-state index is 12.6. The summed E-state index contributed by atoms with van der Waals surface area (Å²) < 4.78 is 5.40. The fraction of sp³-hybridized carbons (Fsp3) is 0.923. The van der Waals surface area contributed by atoms with E-state index in [4.69, 9.17) is 10.5 Å². The highest BCUT2D eigenvalue weighted by molar-refractivity contribution is 5.80. The highest BCUT2D eigenvalue weighted by atomic mass is 16.5. The maximum atomic E-state index is 12.6. The SMILES string of the molecule is NCC1COCCN1C(=O)C1CC2CCC1C2. The summed E-state index contributed by atoms with van der Waals surface area (Å²) in [7, 11) is 0. The summed E-state index contributed by atoms with van der Waals surface area (Å²) in [5.74, 6) is 2.14. The van der Waals surface area contributed by atoms with Crippen LogP contribution in [0.3, 0.4) is 0 Å². The zero-order valence-corrected chi connectivity index (χ0v) is 10.3. The molecule has 1 heterocycles. The van der Waals surface area contributed by atoms with Gasteiger partial charge in [0, 0.05) is 19.0 Å². The van der Waals surface area contributed by atoms with Gasteiger partial charge in [0.25, 0.3) is 0 Å². The summed E-state index contributed by atoms with van der Waals surface area (Å²) in [5, 5.41) is 0. The zero-order chi connectivity index (χ0) is 11.8. The minimum absolute atomic E-state index is 0.107. The second kappa shape index (κ2) is 4.58. The van der Waals surface area contributed by atoms with Crippen LogP contribution in [-0.2, 0) is 9.53 Å². The van der Waals surface area contributed by atoms with Crippen LogP contribution < -0.4 is 5.73 Å². The Hall–Kier alpha value is -0.610. The molecule has 3 aliphatic rings. The van der Waals surface area contributed by atoms with E-state index in [1.807, 2.05) is 4.90 Å². The maximum Gasteiger partial charge on any atom is 0.226 e. The number of amides is 1. The van der Waals surface area contributed by atoms with Crippen LogP contribution >= 0.6 is 0 Å². The van der Waals surface area contributed by atoms with E-state index in [-0.39, 0.29) is 6.04 Å². The molecule has 2 saturated carbocycles. The number of rotatable bonds is 2. The Morgan fingerprint density at radius 2 is 2.24 bits per heavy atom. The molecule has 4 nitrogen and oxygen atoms in total. The Morgan fingerprint density at radius 3 is 2.88 bits per heavy atom. The van der Waals surface area contributed by atoms with Gasteiger partial charge in [0.1, 0.15) is 0 Å². The van der Waals surface area contributed by atoms with Crippen LogP contribution in [0, 0.1) is 17.8 Å². The van der Waals surface area contributed by atoms with Crippen molar-refractivity contribution in [3.05, 3.63) is 0 Å². The van der Waals surface area contributed by atoms with Crippen molar-refractivity contribution in [3.8, 4) is 0 Å². The number of morpholine rings is 1. The van der Waals surface area contributed by atoms with E-state index in [1.54, 1.807) is 0 Å². The first-order chi connectivity index (χ1) is 8.29. The second-order valence-corrected chi connectivity index (χ2v) is 5.78. The van der Waals surface area contributed by atoms with Crippen molar-refractivity contribution in [2.75, 3.05) is 26.3 Å². The number of ether oxygens (including phenoxy) is 1. The molecule has 3 fully saturated rings. The molecule has 3 rings (SSSR count). The predicted octanol–water partition coefficient (Wildman–Crippen LogP) is 0.609. The molecule has 2 aliphatic carbocycles. The van der Waals surface area contributed by atoms with Crippen LogP contribution in [0.1, 0.15) is 25.7 Å². The number of nitrogens with two attached hydrogens (primary N) is 1. The lowest BCUT2D eigenvalue weighted by Crippen LogP contribution is -2.54. The van der Waals surface area contributed by atoms with E-state index in [1.165, 1.54) is 19.3 Å². The number of hydrogen-bond donors (Lipinski definition) is 1. The molecule has 1 amide bonds. The molecule has 17 heavy (non-hydrogen) atoms. The van der Waals surface area contributed by atoms with Crippen LogP contribution in [0.5, 0.6) is 0 Å². The minimum Gasteiger partial charge on any atom is -0.377 e. The van der Waals surface area contributed by atoms with E-state index in [0.29, 0.717) is 37.5 Å². The molecule has 0 radical (unpaired) electrons. The number of carbonyl (C=O) groups is 1. The van der Waals surface area contributed by atoms with Gasteiger partial charge in [-0.05, 0) is 31.1 Å². The van der Waals surface area contributed by atoms with Crippen molar-refractivity contribution >= 4 is 5.91 Å². The quantitative estimate of drug-likeness (QED) is 0.767. The molecular formula is C13H22N2O2. The zero-order valence-electron chi connectivity index (χ0n) is 10.3. The molecule has 4 heteroatoms. The monoisotopic (exact) mass is 238 g/mol. The third-order valence-electron chi connectivity index (χ3n) is 4.84.